The first-order valence-electron chi connectivity index (χ1n) is 4.54. The lowest BCUT2D eigenvalue weighted by Crippen LogP contribution is -1.94. The second kappa shape index (κ2) is 5.54. The van der Waals surface area contributed by atoms with Gasteiger partial charge in [0.25, 0.3) is 0 Å². The molecule has 0 bridgehead atoms. The van der Waals surface area contributed by atoms with Gasteiger partial charge in [-0.2, -0.15) is 0 Å². The average molecular weight is 215 g/mol. The van der Waals surface area contributed by atoms with Crippen molar-refractivity contribution in [2.75, 3.05) is 0 Å². The number of carboxylic acids is 1. The third kappa shape index (κ3) is 4.18. The summed E-state index contributed by atoms with van der Waals surface area (Å²) in [7, 11) is 0. The molecule has 0 amide bonds. The molecule has 0 spiro atoms. The number of aromatic nitrogens is 3. The molecule has 0 aliphatic carbocycles. The van der Waals surface area contributed by atoms with Gasteiger partial charge < -0.3 is 5.11 Å². The van der Waals surface area contributed by atoms with E-state index in [1.54, 1.807) is 0 Å². The van der Waals surface area contributed by atoms with Gasteiger partial charge in [0.1, 0.15) is 5.82 Å². The largest absolute Gasteiger partial charge is 0.481 e. The number of nitrogens with one attached hydrogen (secondary N) is 2. The zero-order valence-corrected chi connectivity index (χ0v) is 8.56. The summed E-state index contributed by atoms with van der Waals surface area (Å²) in [6.45, 7) is 0. The van der Waals surface area contributed by atoms with Crippen LogP contribution >= 0.6 is 12.2 Å². The van der Waals surface area contributed by atoms with E-state index < -0.39 is 5.97 Å². The minimum atomic E-state index is -0.732. The minimum Gasteiger partial charge on any atom is -0.481 e. The summed E-state index contributed by atoms with van der Waals surface area (Å²) in [5.41, 5.74) is 0. The van der Waals surface area contributed by atoms with Crippen molar-refractivity contribution in [2.24, 2.45) is 0 Å². The lowest BCUT2D eigenvalue weighted by atomic mass is 10.1. The summed E-state index contributed by atoms with van der Waals surface area (Å²) in [6.07, 6.45) is 3.62. The zero-order chi connectivity index (χ0) is 10.4. The van der Waals surface area contributed by atoms with Crippen molar-refractivity contribution in [1.29, 1.82) is 0 Å². The molecule has 0 aliphatic rings. The Morgan fingerprint density at radius 2 is 2.14 bits per heavy atom. The van der Waals surface area contributed by atoms with Crippen molar-refractivity contribution < 1.29 is 9.90 Å². The van der Waals surface area contributed by atoms with Crippen LogP contribution in [0.1, 0.15) is 31.5 Å². The fraction of sp³-hybridized carbons (Fsp3) is 0.625. The molecule has 1 rings (SSSR count). The summed E-state index contributed by atoms with van der Waals surface area (Å²) < 4.78 is 0.463. The molecule has 1 aromatic heterocycles. The van der Waals surface area contributed by atoms with Crippen LogP contribution in [0.2, 0.25) is 0 Å². The van der Waals surface area contributed by atoms with Gasteiger partial charge in [0, 0.05) is 12.8 Å². The van der Waals surface area contributed by atoms with Crippen molar-refractivity contribution in [3.63, 3.8) is 0 Å². The summed E-state index contributed by atoms with van der Waals surface area (Å²) >= 11 is 4.79. The van der Waals surface area contributed by atoms with E-state index in [2.05, 4.69) is 15.2 Å². The second-order valence-electron chi connectivity index (χ2n) is 3.07. The minimum absolute atomic E-state index is 0.247. The number of hydrogen-bond acceptors (Lipinski definition) is 3. The maximum absolute atomic E-state index is 10.2. The predicted molar refractivity (Wildman–Crippen MR) is 53.6 cm³/mol. The standard InChI is InChI=1S/C8H13N3O2S/c12-7(13)5-3-1-2-4-6-9-8(14)11-10-6/h1-5H2,(H,12,13)(H2,9,10,11,14). The lowest BCUT2D eigenvalue weighted by molar-refractivity contribution is -0.137. The van der Waals surface area contributed by atoms with Gasteiger partial charge in [-0.25, -0.2) is 4.98 Å². The molecule has 0 saturated heterocycles. The maximum atomic E-state index is 10.2. The van der Waals surface area contributed by atoms with Crippen LogP contribution in [-0.2, 0) is 11.2 Å². The third-order valence-corrected chi connectivity index (χ3v) is 2.05. The van der Waals surface area contributed by atoms with Crippen LogP contribution in [0.4, 0.5) is 0 Å². The summed E-state index contributed by atoms with van der Waals surface area (Å²) in [5, 5.41) is 14.0. The van der Waals surface area contributed by atoms with E-state index in [1.165, 1.54) is 0 Å². The van der Waals surface area contributed by atoms with Gasteiger partial charge in [-0.15, -0.1) is 0 Å². The molecule has 0 saturated carbocycles. The molecule has 78 valence electrons. The van der Waals surface area contributed by atoms with Crippen molar-refractivity contribution in [3.8, 4) is 0 Å². The van der Waals surface area contributed by atoms with Gasteiger partial charge in [0.05, 0.1) is 0 Å². The van der Waals surface area contributed by atoms with Gasteiger partial charge in [-0.05, 0) is 25.1 Å². The van der Waals surface area contributed by atoms with Crippen LogP contribution in [0.3, 0.4) is 0 Å². The molecule has 5 nitrogen and oxygen atoms in total. The monoisotopic (exact) mass is 215 g/mol. The van der Waals surface area contributed by atoms with Crippen LogP contribution in [0.15, 0.2) is 0 Å². The highest BCUT2D eigenvalue weighted by atomic mass is 32.1. The SMILES string of the molecule is O=C(O)CCCCCc1nc(=S)[nH][nH]1. The predicted octanol–water partition coefficient (Wildman–Crippen LogP) is 1.65. The number of aliphatic carboxylic acids is 1. The Morgan fingerprint density at radius 3 is 2.71 bits per heavy atom. The van der Waals surface area contributed by atoms with E-state index in [-0.39, 0.29) is 6.42 Å². The Labute approximate surface area is 86.6 Å². The van der Waals surface area contributed by atoms with Crippen LogP contribution in [0, 0.1) is 4.77 Å². The smallest absolute Gasteiger partial charge is 0.303 e. The van der Waals surface area contributed by atoms with Crippen molar-refractivity contribution in [3.05, 3.63) is 10.6 Å². The summed E-state index contributed by atoms with van der Waals surface area (Å²) in [5.74, 6) is 0.106. The van der Waals surface area contributed by atoms with Crippen LogP contribution in [-0.4, -0.2) is 26.3 Å². The number of nitrogens with zero attached hydrogens (tertiary/aromatic N) is 1. The molecule has 0 radical (unpaired) electrons. The Kier molecular flexibility index (Phi) is 4.31. The highest BCUT2D eigenvalue weighted by Gasteiger charge is 1.98. The first-order valence-corrected chi connectivity index (χ1v) is 4.94. The van der Waals surface area contributed by atoms with Crippen molar-refractivity contribution >= 4 is 18.2 Å². The molecule has 1 aromatic rings. The Hall–Kier alpha value is -1.17. The molecule has 6 heteroatoms. The molecule has 0 atom stereocenters. The fourth-order valence-corrected chi connectivity index (χ4v) is 1.33. The molecule has 3 N–H and O–H groups in total. The number of unbranched alkanes of at least 4 members (excludes halogenated alkanes) is 2. The molecule has 14 heavy (non-hydrogen) atoms. The van der Waals surface area contributed by atoms with E-state index in [0.29, 0.717) is 4.77 Å². The lowest BCUT2D eigenvalue weighted by Gasteiger charge is -1.96. The number of hydrogen-bond donors (Lipinski definition) is 3. The van der Waals surface area contributed by atoms with E-state index in [1.807, 2.05) is 0 Å². The fourth-order valence-electron chi connectivity index (χ4n) is 1.17. The quantitative estimate of drug-likeness (QED) is 0.498. The van der Waals surface area contributed by atoms with Gasteiger partial charge >= 0.3 is 5.97 Å². The van der Waals surface area contributed by atoms with E-state index in [0.717, 1.165) is 31.5 Å². The van der Waals surface area contributed by atoms with Crippen molar-refractivity contribution in [2.45, 2.75) is 32.1 Å². The van der Waals surface area contributed by atoms with Gasteiger partial charge in [-0.3, -0.25) is 15.0 Å². The topological polar surface area (TPSA) is 81.8 Å². The summed E-state index contributed by atoms with van der Waals surface area (Å²) in [4.78, 5) is 14.2. The molecule has 0 unspecified atom stereocenters. The Morgan fingerprint density at radius 1 is 1.36 bits per heavy atom. The number of carboxylic acid groups (broad SMARTS) is 1. The van der Waals surface area contributed by atoms with E-state index in [9.17, 15) is 4.79 Å². The molecule has 0 fully saturated rings. The number of H-pyrrole nitrogens is 2. The number of aromatic amines is 2. The van der Waals surface area contributed by atoms with Gasteiger partial charge in [-0.1, -0.05) is 6.42 Å². The number of aryl methyl sites for hydroxylation is 1. The number of rotatable bonds is 6. The molecule has 0 aromatic carbocycles. The maximum Gasteiger partial charge on any atom is 0.303 e. The summed E-state index contributed by atoms with van der Waals surface area (Å²) in [6, 6.07) is 0. The highest BCUT2D eigenvalue weighted by Crippen LogP contribution is 2.03. The highest BCUT2D eigenvalue weighted by molar-refractivity contribution is 7.71. The molecule has 1 heterocycles. The number of carbonyl (C=O) groups is 1. The van der Waals surface area contributed by atoms with E-state index in [4.69, 9.17) is 17.3 Å². The Bertz CT molecular complexity index is 344. The van der Waals surface area contributed by atoms with Crippen LogP contribution in [0.25, 0.3) is 0 Å². The third-order valence-electron chi connectivity index (χ3n) is 1.85. The van der Waals surface area contributed by atoms with Gasteiger partial charge in [0.2, 0.25) is 4.77 Å². The normalized spacial score (nSPS) is 10.3. The van der Waals surface area contributed by atoms with Gasteiger partial charge in [0.15, 0.2) is 0 Å². The van der Waals surface area contributed by atoms with Crippen LogP contribution in [0.5, 0.6) is 0 Å². The Balaban J connectivity index is 2.10. The van der Waals surface area contributed by atoms with Crippen LogP contribution < -0.4 is 0 Å². The zero-order valence-electron chi connectivity index (χ0n) is 7.75. The molecular weight excluding hydrogens is 202 g/mol. The van der Waals surface area contributed by atoms with E-state index >= 15 is 0 Å². The average Bonchev–Trinajstić information content (AvgIpc) is 2.50. The second-order valence-corrected chi connectivity index (χ2v) is 3.45. The van der Waals surface area contributed by atoms with Crippen molar-refractivity contribution in [1.82, 2.24) is 15.2 Å². The first kappa shape index (κ1) is 10.9. The molecule has 0 aliphatic heterocycles. The first-order chi connectivity index (χ1) is 6.68. The molecular formula is C8H13N3O2S.